The maximum absolute atomic E-state index is 12.7. The summed E-state index contributed by atoms with van der Waals surface area (Å²) < 4.78 is 0. The van der Waals surface area contributed by atoms with Crippen LogP contribution >= 0.6 is 11.8 Å². The van der Waals surface area contributed by atoms with Crippen molar-refractivity contribution in [1.82, 2.24) is 9.88 Å². The van der Waals surface area contributed by atoms with Crippen molar-refractivity contribution in [1.29, 1.82) is 0 Å². The molecule has 0 unspecified atom stereocenters. The summed E-state index contributed by atoms with van der Waals surface area (Å²) in [5.41, 5.74) is 8.30. The number of benzene rings is 2. The van der Waals surface area contributed by atoms with Gasteiger partial charge in [-0.2, -0.15) is 6.07 Å². The number of carbonyl (C=O) groups is 3. The third-order valence-electron chi connectivity index (χ3n) is 4.71. The van der Waals surface area contributed by atoms with Crippen LogP contribution in [0.15, 0.2) is 90.2 Å². The number of urea groups is 1. The quantitative estimate of drug-likeness (QED) is 0.440. The minimum absolute atomic E-state index is 0.0590. The molecule has 0 spiro atoms. The molecule has 1 aliphatic heterocycles. The number of pyridine rings is 1. The molecule has 0 saturated heterocycles. The summed E-state index contributed by atoms with van der Waals surface area (Å²) in [5, 5.41) is 5.11. The number of ketones is 1. The van der Waals surface area contributed by atoms with Crippen molar-refractivity contribution < 1.29 is 14.4 Å². The Morgan fingerprint density at radius 3 is 2.50 bits per heavy atom. The van der Waals surface area contributed by atoms with Crippen LogP contribution in [-0.2, 0) is 4.79 Å². The molecular formula is C24H19N4O3S-. The van der Waals surface area contributed by atoms with Crippen LogP contribution in [0.25, 0.3) is 0 Å². The lowest BCUT2D eigenvalue weighted by molar-refractivity contribution is -0.115. The molecule has 0 fully saturated rings. The van der Waals surface area contributed by atoms with E-state index in [1.807, 2.05) is 12.1 Å². The second-order valence-electron chi connectivity index (χ2n) is 6.95. The molecule has 160 valence electrons. The summed E-state index contributed by atoms with van der Waals surface area (Å²) in [6.45, 7) is 0. The van der Waals surface area contributed by atoms with Crippen LogP contribution in [0, 0.1) is 5.37 Å². The molecular weight excluding hydrogens is 424 g/mol. The number of aromatic nitrogens is 1. The molecule has 0 bridgehead atoms. The summed E-state index contributed by atoms with van der Waals surface area (Å²) in [4.78, 5) is 42.8. The van der Waals surface area contributed by atoms with Gasteiger partial charge in [0, 0.05) is 22.5 Å². The summed E-state index contributed by atoms with van der Waals surface area (Å²) in [6.07, 6.45) is 3.21. The summed E-state index contributed by atoms with van der Waals surface area (Å²) in [6, 6.07) is 18.6. The molecule has 3 amide bonds. The molecule has 8 heteroatoms. The van der Waals surface area contributed by atoms with Crippen LogP contribution in [0.5, 0.6) is 0 Å². The second-order valence-corrected chi connectivity index (χ2v) is 7.81. The van der Waals surface area contributed by atoms with Gasteiger partial charge in [-0.05, 0) is 29.1 Å². The molecule has 3 aromatic rings. The van der Waals surface area contributed by atoms with Crippen molar-refractivity contribution >= 4 is 35.2 Å². The molecule has 0 saturated carbocycles. The fourth-order valence-electron chi connectivity index (χ4n) is 3.27. The Hall–Kier alpha value is -4.04. The average Bonchev–Trinajstić information content (AvgIpc) is 3.23. The SMILES string of the molecule is NC(=O)N1C(CC(=O)Nc2cccc(C(=O)c3ccccc3)c2)=CS[C-]1c1cccnc1. The maximum Gasteiger partial charge on any atom is 0.312 e. The number of nitrogens with one attached hydrogen (secondary N) is 1. The van der Waals surface area contributed by atoms with Crippen LogP contribution in [0.2, 0.25) is 0 Å². The highest BCUT2D eigenvalue weighted by Gasteiger charge is 2.28. The van der Waals surface area contributed by atoms with E-state index < -0.39 is 6.03 Å². The monoisotopic (exact) mass is 443 g/mol. The number of primary amides is 1. The fraction of sp³-hybridized carbons (Fsp3) is 0.0417. The van der Waals surface area contributed by atoms with Crippen molar-refractivity contribution in [3.63, 3.8) is 0 Å². The van der Waals surface area contributed by atoms with E-state index >= 15 is 0 Å². The highest BCUT2D eigenvalue weighted by Crippen LogP contribution is 2.42. The lowest BCUT2D eigenvalue weighted by Crippen LogP contribution is -2.36. The molecule has 2 aromatic carbocycles. The minimum Gasteiger partial charge on any atom is -0.352 e. The van der Waals surface area contributed by atoms with Crippen LogP contribution in [-0.4, -0.2) is 27.6 Å². The smallest absolute Gasteiger partial charge is 0.312 e. The van der Waals surface area contributed by atoms with Gasteiger partial charge in [0.25, 0.3) is 0 Å². The first kappa shape index (κ1) is 21.2. The number of anilines is 1. The number of carbonyl (C=O) groups excluding carboxylic acids is 3. The largest absolute Gasteiger partial charge is 0.352 e. The van der Waals surface area contributed by atoms with Gasteiger partial charge in [0.05, 0.1) is 6.42 Å². The molecule has 0 radical (unpaired) electrons. The first-order valence-corrected chi connectivity index (χ1v) is 10.6. The normalized spacial score (nSPS) is 12.9. The van der Waals surface area contributed by atoms with Crippen LogP contribution < -0.4 is 11.1 Å². The van der Waals surface area contributed by atoms with E-state index in [2.05, 4.69) is 10.3 Å². The van der Waals surface area contributed by atoms with Crippen LogP contribution in [0.3, 0.4) is 0 Å². The number of amides is 3. The summed E-state index contributed by atoms with van der Waals surface area (Å²) >= 11 is 1.31. The van der Waals surface area contributed by atoms with Crippen molar-refractivity contribution in [3.8, 4) is 0 Å². The predicted octanol–water partition coefficient (Wildman–Crippen LogP) is 4.15. The topological polar surface area (TPSA) is 105 Å². The van der Waals surface area contributed by atoms with Gasteiger partial charge in [-0.3, -0.25) is 9.59 Å². The number of hydrogen-bond acceptors (Lipinski definition) is 5. The van der Waals surface area contributed by atoms with E-state index in [1.165, 1.54) is 16.7 Å². The Kier molecular flexibility index (Phi) is 6.23. The standard InChI is InChI=1S/C24H19N4O3S/c25-24(31)28-20(15-32-23(28)18-9-5-11-26-14-18)13-21(29)27-19-10-4-8-17(12-19)22(30)16-6-2-1-3-7-16/h1-12,14-15H,13H2,(H2,25,31)(H,27,29)/q-1. The Balaban J connectivity index is 1.45. The van der Waals surface area contributed by atoms with Gasteiger partial charge < -0.3 is 20.9 Å². The second kappa shape index (κ2) is 9.40. The van der Waals surface area contributed by atoms with E-state index in [4.69, 9.17) is 5.73 Å². The van der Waals surface area contributed by atoms with E-state index in [1.54, 1.807) is 72.4 Å². The molecule has 1 aromatic heterocycles. The van der Waals surface area contributed by atoms with Crippen LogP contribution in [0.1, 0.15) is 27.9 Å². The first-order chi connectivity index (χ1) is 15.5. The van der Waals surface area contributed by atoms with Gasteiger partial charge >= 0.3 is 6.03 Å². The molecule has 3 N–H and O–H groups in total. The summed E-state index contributed by atoms with van der Waals surface area (Å²) in [5.74, 6) is -0.466. The Labute approximate surface area is 189 Å². The third kappa shape index (κ3) is 4.65. The number of nitrogens with two attached hydrogens (primary N) is 1. The molecule has 32 heavy (non-hydrogen) atoms. The zero-order chi connectivity index (χ0) is 22.5. The highest BCUT2D eigenvalue weighted by atomic mass is 32.2. The summed E-state index contributed by atoms with van der Waals surface area (Å²) in [7, 11) is 0. The minimum atomic E-state index is -0.677. The van der Waals surface area contributed by atoms with Gasteiger partial charge in [0.15, 0.2) is 5.78 Å². The van der Waals surface area contributed by atoms with Crippen LogP contribution in [0.4, 0.5) is 10.5 Å². The molecule has 1 aliphatic rings. The third-order valence-corrected chi connectivity index (χ3v) is 5.74. The zero-order valence-corrected chi connectivity index (χ0v) is 17.7. The van der Waals surface area contributed by atoms with Gasteiger partial charge in [-0.1, -0.05) is 48.7 Å². The van der Waals surface area contributed by atoms with E-state index in [0.717, 1.165) is 5.56 Å². The molecule has 2 heterocycles. The van der Waals surface area contributed by atoms with E-state index in [-0.39, 0.29) is 18.1 Å². The van der Waals surface area contributed by atoms with Gasteiger partial charge in [-0.25, -0.2) is 4.79 Å². The molecule has 0 atom stereocenters. The van der Waals surface area contributed by atoms with Crippen molar-refractivity contribution in [2.75, 3.05) is 5.32 Å². The lowest BCUT2D eigenvalue weighted by atomic mass is 10.0. The Bertz CT molecular complexity index is 1180. The molecule has 0 aliphatic carbocycles. The van der Waals surface area contributed by atoms with Gasteiger partial charge in [-0.15, -0.1) is 23.4 Å². The van der Waals surface area contributed by atoms with E-state index in [0.29, 0.717) is 27.9 Å². The number of hydrogen-bond donors (Lipinski definition) is 2. The number of nitrogens with zero attached hydrogens (tertiary/aromatic N) is 2. The predicted molar refractivity (Wildman–Crippen MR) is 123 cm³/mol. The van der Waals surface area contributed by atoms with E-state index in [9.17, 15) is 14.4 Å². The Morgan fingerprint density at radius 2 is 1.78 bits per heavy atom. The molecule has 7 nitrogen and oxygen atoms in total. The van der Waals surface area contributed by atoms with Crippen molar-refractivity contribution in [2.24, 2.45) is 5.73 Å². The number of rotatable bonds is 6. The highest BCUT2D eigenvalue weighted by molar-refractivity contribution is 8.05. The fourth-order valence-corrected chi connectivity index (χ4v) is 4.28. The number of thioether (sulfide) groups is 1. The maximum atomic E-state index is 12.7. The first-order valence-electron chi connectivity index (χ1n) is 9.75. The Morgan fingerprint density at radius 1 is 1.00 bits per heavy atom. The van der Waals surface area contributed by atoms with Gasteiger partial charge in [0.2, 0.25) is 5.91 Å². The lowest BCUT2D eigenvalue weighted by Gasteiger charge is -2.31. The molecule has 4 rings (SSSR count). The average molecular weight is 444 g/mol. The van der Waals surface area contributed by atoms with Gasteiger partial charge in [0.1, 0.15) is 0 Å². The van der Waals surface area contributed by atoms with Crippen molar-refractivity contribution in [3.05, 3.63) is 112 Å². The van der Waals surface area contributed by atoms with Crippen molar-refractivity contribution in [2.45, 2.75) is 6.42 Å². The zero-order valence-electron chi connectivity index (χ0n) is 16.9.